The van der Waals surface area contributed by atoms with Crippen LogP contribution >= 0.6 is 0 Å². The number of nitrogens with zero attached hydrogens (tertiary/aromatic N) is 1. The molecule has 0 N–H and O–H groups in total. The van der Waals surface area contributed by atoms with Crippen molar-refractivity contribution in [3.63, 3.8) is 0 Å². The van der Waals surface area contributed by atoms with Gasteiger partial charge in [-0.25, -0.2) is 0 Å². The fourth-order valence-electron chi connectivity index (χ4n) is 1.63. The molecule has 1 aromatic heterocycles. The SMILES string of the molecule is CN(C)c1ccc(C(=O)Cc2ccoc2)cc1. The fraction of sp³-hybridized carbons (Fsp3) is 0.214. The van der Waals surface area contributed by atoms with E-state index in [4.69, 9.17) is 4.42 Å². The number of hydrogen-bond donors (Lipinski definition) is 0. The average Bonchev–Trinajstić information content (AvgIpc) is 2.82. The van der Waals surface area contributed by atoms with E-state index >= 15 is 0 Å². The summed E-state index contributed by atoms with van der Waals surface area (Å²) in [4.78, 5) is 13.9. The third-order valence-electron chi connectivity index (χ3n) is 2.65. The summed E-state index contributed by atoms with van der Waals surface area (Å²) >= 11 is 0. The van der Waals surface area contributed by atoms with Gasteiger partial charge in [0.1, 0.15) is 0 Å². The first-order valence-electron chi connectivity index (χ1n) is 5.48. The Labute approximate surface area is 101 Å². The van der Waals surface area contributed by atoms with Crippen molar-refractivity contribution < 1.29 is 9.21 Å². The van der Waals surface area contributed by atoms with Crippen molar-refractivity contribution in [2.45, 2.75) is 6.42 Å². The van der Waals surface area contributed by atoms with Gasteiger partial charge in [-0.05, 0) is 35.9 Å². The van der Waals surface area contributed by atoms with Crippen LogP contribution in [0, 0.1) is 0 Å². The molecule has 0 atom stereocenters. The van der Waals surface area contributed by atoms with Crippen molar-refractivity contribution in [1.82, 2.24) is 0 Å². The molecule has 1 heterocycles. The van der Waals surface area contributed by atoms with Gasteiger partial charge in [-0.15, -0.1) is 0 Å². The quantitative estimate of drug-likeness (QED) is 0.756. The van der Waals surface area contributed by atoms with Crippen LogP contribution in [0.5, 0.6) is 0 Å². The third kappa shape index (κ3) is 2.75. The highest BCUT2D eigenvalue weighted by atomic mass is 16.3. The first-order chi connectivity index (χ1) is 8.16. The van der Waals surface area contributed by atoms with Crippen LogP contribution in [0.3, 0.4) is 0 Å². The molecule has 0 amide bonds. The molecule has 2 aromatic rings. The molecule has 0 radical (unpaired) electrons. The smallest absolute Gasteiger partial charge is 0.167 e. The minimum absolute atomic E-state index is 0.108. The molecular formula is C14H15NO2. The number of benzene rings is 1. The molecule has 0 saturated heterocycles. The lowest BCUT2D eigenvalue weighted by atomic mass is 10.0. The summed E-state index contributed by atoms with van der Waals surface area (Å²) in [5, 5.41) is 0. The zero-order valence-electron chi connectivity index (χ0n) is 10.0. The molecule has 17 heavy (non-hydrogen) atoms. The van der Waals surface area contributed by atoms with Gasteiger partial charge in [0, 0.05) is 31.8 Å². The van der Waals surface area contributed by atoms with E-state index in [1.165, 1.54) is 0 Å². The van der Waals surface area contributed by atoms with Crippen molar-refractivity contribution in [3.05, 3.63) is 54.0 Å². The highest BCUT2D eigenvalue weighted by molar-refractivity contribution is 5.97. The van der Waals surface area contributed by atoms with Gasteiger partial charge in [-0.3, -0.25) is 4.79 Å². The lowest BCUT2D eigenvalue weighted by molar-refractivity contribution is 0.0993. The van der Waals surface area contributed by atoms with Gasteiger partial charge < -0.3 is 9.32 Å². The van der Waals surface area contributed by atoms with Gasteiger partial charge in [0.15, 0.2) is 5.78 Å². The van der Waals surface area contributed by atoms with Gasteiger partial charge in [0.25, 0.3) is 0 Å². The molecule has 1 aromatic carbocycles. The molecule has 0 bridgehead atoms. The van der Waals surface area contributed by atoms with Crippen LogP contribution in [-0.4, -0.2) is 19.9 Å². The Morgan fingerprint density at radius 3 is 2.41 bits per heavy atom. The summed E-state index contributed by atoms with van der Waals surface area (Å²) in [5.74, 6) is 0.108. The van der Waals surface area contributed by atoms with Crippen LogP contribution in [0.25, 0.3) is 0 Å². The van der Waals surface area contributed by atoms with Crippen LogP contribution in [-0.2, 0) is 6.42 Å². The summed E-state index contributed by atoms with van der Waals surface area (Å²) in [6, 6.07) is 9.42. The van der Waals surface area contributed by atoms with Gasteiger partial charge >= 0.3 is 0 Å². The second kappa shape index (κ2) is 4.87. The van der Waals surface area contributed by atoms with E-state index < -0.39 is 0 Å². The molecule has 3 nitrogen and oxygen atoms in total. The van der Waals surface area contributed by atoms with Crippen molar-refractivity contribution in [2.75, 3.05) is 19.0 Å². The Hall–Kier alpha value is -2.03. The number of furan rings is 1. The number of anilines is 1. The van der Waals surface area contributed by atoms with Gasteiger partial charge in [0.2, 0.25) is 0 Å². The van der Waals surface area contributed by atoms with E-state index in [0.29, 0.717) is 6.42 Å². The van der Waals surface area contributed by atoms with Gasteiger partial charge in [-0.1, -0.05) is 0 Å². The largest absolute Gasteiger partial charge is 0.472 e. The highest BCUT2D eigenvalue weighted by Gasteiger charge is 2.08. The zero-order chi connectivity index (χ0) is 12.3. The van der Waals surface area contributed by atoms with Crippen LogP contribution in [0.15, 0.2) is 47.3 Å². The lowest BCUT2D eigenvalue weighted by Crippen LogP contribution is -2.09. The second-order valence-corrected chi connectivity index (χ2v) is 4.17. The molecule has 0 spiro atoms. The lowest BCUT2D eigenvalue weighted by Gasteiger charge is -2.12. The maximum absolute atomic E-state index is 11.9. The molecule has 0 saturated carbocycles. The number of carbonyl (C=O) groups excluding carboxylic acids is 1. The number of rotatable bonds is 4. The number of hydrogen-bond acceptors (Lipinski definition) is 3. The van der Waals surface area contributed by atoms with Crippen molar-refractivity contribution >= 4 is 11.5 Å². The first kappa shape index (κ1) is 11.5. The molecule has 0 aliphatic carbocycles. The van der Waals surface area contributed by atoms with Crippen LogP contribution in [0.1, 0.15) is 15.9 Å². The predicted octanol–water partition coefficient (Wildman–Crippen LogP) is 2.77. The maximum Gasteiger partial charge on any atom is 0.167 e. The molecule has 0 fully saturated rings. The zero-order valence-corrected chi connectivity index (χ0v) is 10.0. The highest BCUT2D eigenvalue weighted by Crippen LogP contribution is 2.14. The van der Waals surface area contributed by atoms with Crippen LogP contribution in [0.2, 0.25) is 0 Å². The average molecular weight is 229 g/mol. The maximum atomic E-state index is 11.9. The van der Waals surface area contributed by atoms with E-state index in [2.05, 4.69) is 0 Å². The standard InChI is InChI=1S/C14H15NO2/c1-15(2)13-5-3-12(4-6-13)14(16)9-11-7-8-17-10-11/h3-8,10H,9H2,1-2H3. The topological polar surface area (TPSA) is 33.5 Å². The molecule has 3 heteroatoms. The summed E-state index contributed by atoms with van der Waals surface area (Å²) in [5.41, 5.74) is 2.73. The van der Waals surface area contributed by atoms with Gasteiger partial charge in [0.05, 0.1) is 12.5 Å². The molecule has 0 unspecified atom stereocenters. The monoisotopic (exact) mass is 229 g/mol. The Balaban J connectivity index is 2.09. The van der Waals surface area contributed by atoms with E-state index in [1.54, 1.807) is 12.5 Å². The fourth-order valence-corrected chi connectivity index (χ4v) is 1.63. The summed E-state index contributed by atoms with van der Waals surface area (Å²) in [7, 11) is 3.95. The molecule has 0 aliphatic heterocycles. The minimum Gasteiger partial charge on any atom is -0.472 e. The van der Waals surface area contributed by atoms with Crippen LogP contribution in [0.4, 0.5) is 5.69 Å². The van der Waals surface area contributed by atoms with Crippen molar-refractivity contribution in [2.24, 2.45) is 0 Å². The Kier molecular flexibility index (Phi) is 3.28. The van der Waals surface area contributed by atoms with E-state index in [-0.39, 0.29) is 5.78 Å². The van der Waals surface area contributed by atoms with E-state index in [0.717, 1.165) is 16.8 Å². The molecular weight excluding hydrogens is 214 g/mol. The normalized spacial score (nSPS) is 10.2. The van der Waals surface area contributed by atoms with E-state index in [9.17, 15) is 4.79 Å². The summed E-state index contributed by atoms with van der Waals surface area (Å²) in [6.07, 6.45) is 3.57. The Morgan fingerprint density at radius 2 is 1.88 bits per heavy atom. The predicted molar refractivity (Wildman–Crippen MR) is 67.5 cm³/mol. The van der Waals surface area contributed by atoms with Gasteiger partial charge in [-0.2, -0.15) is 0 Å². The number of carbonyl (C=O) groups is 1. The van der Waals surface area contributed by atoms with Crippen molar-refractivity contribution in [1.29, 1.82) is 0 Å². The van der Waals surface area contributed by atoms with Crippen LogP contribution < -0.4 is 4.90 Å². The summed E-state index contributed by atoms with van der Waals surface area (Å²) < 4.78 is 4.94. The first-order valence-corrected chi connectivity index (χ1v) is 5.48. The number of ketones is 1. The van der Waals surface area contributed by atoms with E-state index in [1.807, 2.05) is 49.3 Å². The molecule has 2 rings (SSSR count). The van der Waals surface area contributed by atoms with Crippen molar-refractivity contribution in [3.8, 4) is 0 Å². The Bertz CT molecular complexity index is 483. The second-order valence-electron chi connectivity index (χ2n) is 4.17. The number of Topliss-reactive ketones (excluding diaryl/α,β-unsaturated/α-hetero) is 1. The molecule has 0 aliphatic rings. The minimum atomic E-state index is 0.108. The summed E-state index contributed by atoms with van der Waals surface area (Å²) in [6.45, 7) is 0. The Morgan fingerprint density at radius 1 is 1.18 bits per heavy atom. The third-order valence-corrected chi connectivity index (χ3v) is 2.65. The molecule has 88 valence electrons.